The van der Waals surface area contributed by atoms with Gasteiger partial charge in [-0.2, -0.15) is 0 Å². The second-order valence-corrected chi connectivity index (χ2v) is 6.82. The van der Waals surface area contributed by atoms with Crippen molar-refractivity contribution in [1.82, 2.24) is 14.9 Å². The number of nitrogens with zero attached hydrogens (tertiary/aromatic N) is 3. The lowest BCUT2D eigenvalue weighted by Gasteiger charge is -2.32. The number of hydrogen-bond donors (Lipinski definition) is 1. The maximum atomic E-state index is 4.75. The highest BCUT2D eigenvalue weighted by Crippen LogP contribution is 2.33. The molecule has 2 fully saturated rings. The number of pyridine rings is 1. The van der Waals surface area contributed by atoms with Crippen LogP contribution in [-0.2, 0) is 0 Å². The van der Waals surface area contributed by atoms with Gasteiger partial charge in [0.25, 0.3) is 0 Å². The summed E-state index contributed by atoms with van der Waals surface area (Å²) in [5, 5.41) is 1.24. The van der Waals surface area contributed by atoms with E-state index in [2.05, 4.69) is 58.2 Å². The van der Waals surface area contributed by atoms with Gasteiger partial charge in [-0.25, -0.2) is 4.98 Å². The number of aromatic nitrogens is 2. The van der Waals surface area contributed by atoms with Gasteiger partial charge >= 0.3 is 0 Å². The van der Waals surface area contributed by atoms with Crippen LogP contribution in [-0.4, -0.2) is 47.1 Å². The molecular formula is C19H20N4. The smallest absolute Gasteiger partial charge is 0.128 e. The lowest BCUT2D eigenvalue weighted by atomic mass is 10.1. The minimum absolute atomic E-state index is 0.638. The van der Waals surface area contributed by atoms with Gasteiger partial charge in [-0.05, 0) is 54.8 Å². The molecule has 2 aliphatic rings. The number of piperazine rings is 1. The van der Waals surface area contributed by atoms with E-state index in [1.165, 1.54) is 28.5 Å². The fourth-order valence-electron chi connectivity index (χ4n) is 4.11. The molecule has 5 rings (SSSR count). The number of H-pyrrole nitrogens is 1. The summed E-state index contributed by atoms with van der Waals surface area (Å²) in [6.45, 7) is 2.28. The first-order valence-corrected chi connectivity index (χ1v) is 8.28. The molecule has 1 N–H and O–H groups in total. The first-order chi connectivity index (χ1) is 11.3. The lowest BCUT2D eigenvalue weighted by Crippen LogP contribution is -2.44. The monoisotopic (exact) mass is 304 g/mol. The third-order valence-corrected chi connectivity index (χ3v) is 5.44. The van der Waals surface area contributed by atoms with E-state index < -0.39 is 0 Å². The summed E-state index contributed by atoms with van der Waals surface area (Å²) in [6.07, 6.45) is 5.28. The number of likely N-dealkylation sites (N-methyl/N-ethyl adjacent to an activating group) is 1. The summed E-state index contributed by atoms with van der Waals surface area (Å²) in [5.41, 5.74) is 3.58. The maximum Gasteiger partial charge on any atom is 0.128 e. The van der Waals surface area contributed by atoms with Crippen molar-refractivity contribution >= 4 is 16.7 Å². The number of anilines is 1. The Labute approximate surface area is 135 Å². The van der Waals surface area contributed by atoms with E-state index in [9.17, 15) is 0 Å². The molecule has 23 heavy (non-hydrogen) atoms. The number of fused-ring (bicyclic) bond motifs is 3. The molecule has 0 amide bonds. The van der Waals surface area contributed by atoms with Gasteiger partial charge in [0.1, 0.15) is 5.82 Å². The van der Waals surface area contributed by atoms with Crippen LogP contribution in [0.2, 0.25) is 0 Å². The Balaban J connectivity index is 1.43. The number of benzene rings is 1. The average Bonchev–Trinajstić information content (AvgIpc) is 3.29. The van der Waals surface area contributed by atoms with Crippen molar-refractivity contribution in [3.63, 3.8) is 0 Å². The molecule has 3 aromatic rings. The van der Waals surface area contributed by atoms with Gasteiger partial charge in [-0.1, -0.05) is 6.07 Å². The molecule has 0 radical (unpaired) electrons. The van der Waals surface area contributed by atoms with Gasteiger partial charge in [0, 0.05) is 48.6 Å². The minimum Gasteiger partial charge on any atom is -0.361 e. The molecule has 2 bridgehead atoms. The fraction of sp³-hybridized carbons (Fsp3) is 0.316. The van der Waals surface area contributed by atoms with Crippen molar-refractivity contribution < 1.29 is 0 Å². The first-order valence-electron chi connectivity index (χ1n) is 8.28. The van der Waals surface area contributed by atoms with Crippen LogP contribution >= 0.6 is 0 Å². The number of hydrogen-bond acceptors (Lipinski definition) is 3. The summed E-state index contributed by atoms with van der Waals surface area (Å²) in [5.74, 6) is 1.12. The topological polar surface area (TPSA) is 35.2 Å². The Hall–Kier alpha value is -2.33. The summed E-state index contributed by atoms with van der Waals surface area (Å²) < 4.78 is 0. The second-order valence-electron chi connectivity index (χ2n) is 6.82. The van der Waals surface area contributed by atoms with Crippen LogP contribution < -0.4 is 4.90 Å². The molecule has 116 valence electrons. The van der Waals surface area contributed by atoms with E-state index >= 15 is 0 Å². The van der Waals surface area contributed by atoms with Gasteiger partial charge < -0.3 is 9.88 Å². The molecule has 0 aliphatic carbocycles. The highest BCUT2D eigenvalue weighted by Gasteiger charge is 2.41. The van der Waals surface area contributed by atoms with Crippen LogP contribution in [0.25, 0.3) is 22.0 Å². The van der Waals surface area contributed by atoms with Crippen molar-refractivity contribution in [2.24, 2.45) is 0 Å². The zero-order valence-corrected chi connectivity index (χ0v) is 13.2. The fourth-order valence-corrected chi connectivity index (χ4v) is 4.11. The Morgan fingerprint density at radius 1 is 1.04 bits per heavy atom. The van der Waals surface area contributed by atoms with Crippen LogP contribution in [0.3, 0.4) is 0 Å². The molecule has 1 aromatic carbocycles. The van der Waals surface area contributed by atoms with Crippen LogP contribution in [0, 0.1) is 0 Å². The van der Waals surface area contributed by atoms with Crippen molar-refractivity contribution in [3.8, 4) is 11.1 Å². The van der Waals surface area contributed by atoms with Crippen LogP contribution in [0.1, 0.15) is 6.42 Å². The standard InChI is InChI=1S/C19H20N4/c1-22-11-17-9-16(22)12-23(17)19-5-3-15(10-21-19)13-2-4-18-14(8-13)6-7-20-18/h2-8,10,16-17,20H,9,11-12H2,1H3/t16-,17-/m0/s1. The number of rotatable bonds is 2. The van der Waals surface area contributed by atoms with Gasteiger partial charge in [-0.3, -0.25) is 4.90 Å². The van der Waals surface area contributed by atoms with Gasteiger partial charge in [0.05, 0.1) is 0 Å². The normalized spacial score (nSPS) is 24.0. The van der Waals surface area contributed by atoms with E-state index in [0.29, 0.717) is 12.1 Å². The van der Waals surface area contributed by atoms with Crippen LogP contribution in [0.15, 0.2) is 48.8 Å². The lowest BCUT2D eigenvalue weighted by molar-refractivity contribution is 0.292. The van der Waals surface area contributed by atoms with Crippen LogP contribution in [0.4, 0.5) is 5.82 Å². The molecule has 2 atom stereocenters. The Bertz CT molecular complexity index is 849. The Kier molecular flexibility index (Phi) is 2.76. The highest BCUT2D eigenvalue weighted by atomic mass is 15.4. The molecule has 0 unspecified atom stereocenters. The van der Waals surface area contributed by atoms with E-state index in [0.717, 1.165) is 18.9 Å². The number of nitrogens with one attached hydrogen (secondary N) is 1. The van der Waals surface area contributed by atoms with Crippen molar-refractivity contribution in [3.05, 3.63) is 48.8 Å². The molecule has 2 aromatic heterocycles. The van der Waals surface area contributed by atoms with Crippen molar-refractivity contribution in [1.29, 1.82) is 0 Å². The molecular weight excluding hydrogens is 284 g/mol. The van der Waals surface area contributed by atoms with Crippen molar-refractivity contribution in [2.75, 3.05) is 25.0 Å². The van der Waals surface area contributed by atoms with E-state index in [1.807, 2.05) is 12.4 Å². The average molecular weight is 304 g/mol. The van der Waals surface area contributed by atoms with Gasteiger partial charge in [0.2, 0.25) is 0 Å². The zero-order valence-electron chi connectivity index (χ0n) is 13.2. The van der Waals surface area contributed by atoms with Crippen molar-refractivity contribution in [2.45, 2.75) is 18.5 Å². The molecule has 4 heteroatoms. The molecule has 4 heterocycles. The third kappa shape index (κ3) is 2.05. The maximum absolute atomic E-state index is 4.75. The highest BCUT2D eigenvalue weighted by molar-refractivity contribution is 5.85. The number of aromatic amines is 1. The SMILES string of the molecule is CN1C[C@@H]2C[C@H]1CN2c1ccc(-c2ccc3[nH]ccc3c2)cn1. The Morgan fingerprint density at radius 3 is 2.70 bits per heavy atom. The quantitative estimate of drug-likeness (QED) is 0.790. The molecule has 2 aliphatic heterocycles. The minimum atomic E-state index is 0.638. The number of likely N-dealkylation sites (tertiary alicyclic amines) is 1. The third-order valence-electron chi connectivity index (χ3n) is 5.44. The molecule has 0 saturated carbocycles. The molecule has 0 spiro atoms. The van der Waals surface area contributed by atoms with Gasteiger partial charge in [0.15, 0.2) is 0 Å². The molecule has 2 saturated heterocycles. The summed E-state index contributed by atoms with van der Waals surface area (Å²) in [7, 11) is 2.23. The van der Waals surface area contributed by atoms with E-state index in [4.69, 9.17) is 4.98 Å². The van der Waals surface area contributed by atoms with Crippen LogP contribution in [0.5, 0.6) is 0 Å². The van der Waals surface area contributed by atoms with E-state index in [-0.39, 0.29) is 0 Å². The zero-order chi connectivity index (χ0) is 15.4. The van der Waals surface area contributed by atoms with E-state index in [1.54, 1.807) is 0 Å². The predicted molar refractivity (Wildman–Crippen MR) is 93.7 cm³/mol. The summed E-state index contributed by atoms with van der Waals surface area (Å²) in [6, 6.07) is 14.3. The summed E-state index contributed by atoms with van der Waals surface area (Å²) in [4.78, 5) is 12.9. The largest absolute Gasteiger partial charge is 0.361 e. The molecule has 4 nitrogen and oxygen atoms in total. The summed E-state index contributed by atoms with van der Waals surface area (Å²) >= 11 is 0. The van der Waals surface area contributed by atoms with Gasteiger partial charge in [-0.15, -0.1) is 0 Å². The second kappa shape index (κ2) is 4.83. The predicted octanol–water partition coefficient (Wildman–Crippen LogP) is 3.12. The Morgan fingerprint density at radius 2 is 1.96 bits per heavy atom. The first kappa shape index (κ1) is 13.1.